The number of benzene rings is 1. The number of aromatic nitrogens is 2. The van der Waals surface area contributed by atoms with Crippen LogP contribution in [0.3, 0.4) is 0 Å². The summed E-state index contributed by atoms with van der Waals surface area (Å²) >= 11 is 0. The number of ether oxygens (including phenoxy) is 1. The fourth-order valence-electron chi connectivity index (χ4n) is 1.82. The molecule has 3 heteroatoms. The van der Waals surface area contributed by atoms with Gasteiger partial charge in [0.2, 0.25) is 0 Å². The Kier molecular flexibility index (Phi) is 1.65. The molecule has 0 saturated heterocycles. The molecule has 0 bridgehead atoms. The molecule has 0 aliphatic carbocycles. The minimum Gasteiger partial charge on any atom is -0.496 e. The van der Waals surface area contributed by atoms with Crippen molar-refractivity contribution in [2.45, 2.75) is 0 Å². The molecule has 3 rings (SSSR count). The van der Waals surface area contributed by atoms with E-state index in [1.165, 1.54) is 0 Å². The van der Waals surface area contributed by atoms with Crippen LogP contribution in [-0.2, 0) is 0 Å². The van der Waals surface area contributed by atoms with Crippen molar-refractivity contribution >= 4 is 16.6 Å². The number of methoxy groups -OCH3 is 1. The number of hydrogen-bond donors (Lipinski definition) is 0. The highest BCUT2D eigenvalue weighted by atomic mass is 16.5. The van der Waals surface area contributed by atoms with Crippen molar-refractivity contribution in [1.82, 2.24) is 9.38 Å². The third kappa shape index (κ3) is 1.09. The molecule has 1 radical (unpaired) electrons. The third-order valence-corrected chi connectivity index (χ3v) is 2.52. The summed E-state index contributed by atoms with van der Waals surface area (Å²) in [4.78, 5) is 4.14. The van der Waals surface area contributed by atoms with E-state index in [9.17, 15) is 0 Å². The van der Waals surface area contributed by atoms with E-state index in [0.29, 0.717) is 0 Å². The second-order valence-corrected chi connectivity index (χ2v) is 3.33. The second-order valence-electron chi connectivity index (χ2n) is 3.33. The molecule has 15 heavy (non-hydrogen) atoms. The molecule has 2 aromatic heterocycles. The number of fused-ring (bicyclic) bond motifs is 3. The highest BCUT2D eigenvalue weighted by molar-refractivity contribution is 5.88. The van der Waals surface area contributed by atoms with Crippen LogP contribution in [0.5, 0.6) is 5.75 Å². The van der Waals surface area contributed by atoms with Crippen molar-refractivity contribution in [3.8, 4) is 5.75 Å². The summed E-state index contributed by atoms with van der Waals surface area (Å²) in [6.45, 7) is 0. The van der Waals surface area contributed by atoms with Gasteiger partial charge in [-0.3, -0.25) is 4.40 Å². The van der Waals surface area contributed by atoms with Crippen LogP contribution in [0.4, 0.5) is 0 Å². The zero-order chi connectivity index (χ0) is 10.3. The van der Waals surface area contributed by atoms with E-state index in [1.807, 2.05) is 40.9 Å². The molecular formula is C12H9N2O. The summed E-state index contributed by atoms with van der Waals surface area (Å²) in [5.41, 5.74) is 1.94. The van der Waals surface area contributed by atoms with Gasteiger partial charge in [-0.15, -0.1) is 0 Å². The summed E-state index contributed by atoms with van der Waals surface area (Å²) in [7, 11) is 1.67. The lowest BCUT2D eigenvalue weighted by molar-refractivity contribution is 0.420. The SMILES string of the molecule is COc1cc2n[c]cn2c2ccccc12. The number of hydrogen-bond acceptors (Lipinski definition) is 2. The summed E-state index contributed by atoms with van der Waals surface area (Å²) in [5, 5.41) is 1.08. The van der Waals surface area contributed by atoms with E-state index in [1.54, 1.807) is 7.11 Å². The lowest BCUT2D eigenvalue weighted by atomic mass is 10.2. The van der Waals surface area contributed by atoms with Gasteiger partial charge in [0.15, 0.2) is 0 Å². The Bertz CT molecular complexity index is 628. The highest BCUT2D eigenvalue weighted by Crippen LogP contribution is 2.26. The van der Waals surface area contributed by atoms with Crippen molar-refractivity contribution in [3.05, 3.63) is 42.7 Å². The Labute approximate surface area is 86.9 Å². The number of rotatable bonds is 1. The lowest BCUT2D eigenvalue weighted by Gasteiger charge is -2.07. The predicted octanol–water partition coefficient (Wildman–Crippen LogP) is 2.30. The van der Waals surface area contributed by atoms with Crippen LogP contribution in [0, 0.1) is 6.20 Å². The fraction of sp³-hybridized carbons (Fsp3) is 0.0833. The first-order valence-electron chi connectivity index (χ1n) is 4.71. The maximum Gasteiger partial charge on any atom is 0.141 e. The first-order chi connectivity index (χ1) is 7.40. The monoisotopic (exact) mass is 197 g/mol. The quantitative estimate of drug-likeness (QED) is 0.598. The molecule has 0 fully saturated rings. The molecule has 0 saturated carbocycles. The minimum atomic E-state index is 0.845. The molecule has 3 aromatic rings. The predicted molar refractivity (Wildman–Crippen MR) is 58.1 cm³/mol. The van der Waals surface area contributed by atoms with Crippen LogP contribution in [0.25, 0.3) is 16.6 Å². The van der Waals surface area contributed by atoms with E-state index in [2.05, 4.69) is 11.2 Å². The minimum absolute atomic E-state index is 0.845. The molecule has 0 aliphatic heterocycles. The molecule has 3 nitrogen and oxygen atoms in total. The van der Waals surface area contributed by atoms with Crippen LogP contribution < -0.4 is 4.74 Å². The molecular weight excluding hydrogens is 188 g/mol. The van der Waals surface area contributed by atoms with E-state index < -0.39 is 0 Å². The smallest absolute Gasteiger partial charge is 0.141 e. The summed E-state index contributed by atoms with van der Waals surface area (Å²) < 4.78 is 7.34. The van der Waals surface area contributed by atoms with Gasteiger partial charge in [0.25, 0.3) is 0 Å². The maximum absolute atomic E-state index is 5.34. The molecule has 1 aromatic carbocycles. The van der Waals surface area contributed by atoms with Crippen LogP contribution in [0.2, 0.25) is 0 Å². The van der Waals surface area contributed by atoms with Crippen molar-refractivity contribution in [2.75, 3.05) is 7.11 Å². The first kappa shape index (κ1) is 8.29. The van der Waals surface area contributed by atoms with Gasteiger partial charge < -0.3 is 4.74 Å². The van der Waals surface area contributed by atoms with Gasteiger partial charge in [-0.2, -0.15) is 0 Å². The van der Waals surface area contributed by atoms with Gasteiger partial charge in [-0.25, -0.2) is 4.98 Å². The number of pyridine rings is 1. The topological polar surface area (TPSA) is 26.5 Å². The van der Waals surface area contributed by atoms with E-state index in [-0.39, 0.29) is 0 Å². The van der Waals surface area contributed by atoms with Crippen LogP contribution in [-0.4, -0.2) is 16.5 Å². The molecule has 0 unspecified atom stereocenters. The normalized spacial score (nSPS) is 11.0. The molecule has 0 amide bonds. The maximum atomic E-state index is 5.34. The Morgan fingerprint density at radius 2 is 2.20 bits per heavy atom. The first-order valence-corrected chi connectivity index (χ1v) is 4.71. The Hall–Kier alpha value is -2.03. The van der Waals surface area contributed by atoms with Gasteiger partial charge in [-0.1, -0.05) is 12.1 Å². The van der Waals surface area contributed by atoms with Gasteiger partial charge in [0.1, 0.15) is 17.6 Å². The summed E-state index contributed by atoms with van der Waals surface area (Å²) in [6, 6.07) is 9.99. The largest absolute Gasteiger partial charge is 0.496 e. The average Bonchev–Trinajstić information content (AvgIpc) is 2.76. The average molecular weight is 197 g/mol. The molecule has 73 valence electrons. The zero-order valence-corrected chi connectivity index (χ0v) is 8.27. The van der Waals surface area contributed by atoms with Crippen LogP contribution in [0.1, 0.15) is 0 Å². The van der Waals surface area contributed by atoms with Crippen molar-refractivity contribution in [3.63, 3.8) is 0 Å². The molecule has 0 atom stereocenters. The Morgan fingerprint density at radius 1 is 1.33 bits per heavy atom. The number of nitrogens with zero attached hydrogens (tertiary/aromatic N) is 2. The van der Waals surface area contributed by atoms with Crippen molar-refractivity contribution in [2.24, 2.45) is 0 Å². The zero-order valence-electron chi connectivity index (χ0n) is 8.27. The van der Waals surface area contributed by atoms with Crippen LogP contribution in [0.15, 0.2) is 36.5 Å². The van der Waals surface area contributed by atoms with E-state index in [0.717, 1.165) is 22.3 Å². The van der Waals surface area contributed by atoms with Crippen LogP contribution >= 0.6 is 0 Å². The third-order valence-electron chi connectivity index (χ3n) is 2.52. The fourth-order valence-corrected chi connectivity index (χ4v) is 1.82. The standard InChI is InChI=1S/C12H9N2O/c1-15-11-8-12-13-6-7-14(12)10-5-3-2-4-9(10)11/h2-5,7-8H,1H3. The lowest BCUT2D eigenvalue weighted by Crippen LogP contribution is -1.91. The highest BCUT2D eigenvalue weighted by Gasteiger charge is 2.06. The van der Waals surface area contributed by atoms with Crippen molar-refractivity contribution in [1.29, 1.82) is 0 Å². The van der Waals surface area contributed by atoms with Gasteiger partial charge in [0, 0.05) is 17.6 Å². The van der Waals surface area contributed by atoms with E-state index >= 15 is 0 Å². The number of para-hydroxylation sites is 1. The molecule has 0 aliphatic rings. The molecule has 2 heterocycles. The van der Waals surface area contributed by atoms with Gasteiger partial charge in [-0.05, 0) is 12.1 Å². The van der Waals surface area contributed by atoms with Gasteiger partial charge >= 0.3 is 0 Å². The number of imidazole rings is 1. The van der Waals surface area contributed by atoms with E-state index in [4.69, 9.17) is 4.74 Å². The summed E-state index contributed by atoms with van der Waals surface area (Å²) in [5.74, 6) is 0.845. The second kappa shape index (κ2) is 2.98. The summed E-state index contributed by atoms with van der Waals surface area (Å²) in [6.07, 6.45) is 4.67. The van der Waals surface area contributed by atoms with Crippen molar-refractivity contribution < 1.29 is 4.74 Å². The van der Waals surface area contributed by atoms with Gasteiger partial charge in [0.05, 0.1) is 12.6 Å². The Morgan fingerprint density at radius 3 is 3.07 bits per heavy atom. The molecule has 0 spiro atoms. The Balaban J connectivity index is 2.58. The molecule has 0 N–H and O–H groups in total.